The van der Waals surface area contributed by atoms with E-state index in [4.69, 9.17) is 14.2 Å². The standard InChI is InChI=1S/C66H114O6/c1-4-7-10-13-16-19-22-25-28-30-31-32-33-34-35-37-38-41-44-47-50-53-56-59-65(68)71-62-63(61-70-64(67)58-55-52-49-46-43-40-27-24-21-18-15-12-9-6-3)72-66(69)60-57-54-51-48-45-42-39-36-29-26-23-20-17-14-11-8-5-2/h7,10,16,19,25,28,31-32,34-35,38,41,47,50,63H,4-6,8-9,11-15,17-18,20-24,26-27,29-30,33,36-37,39-40,42-46,48-49,51-62H2,1-3H3/b10-7-,19-16-,28-25-,32-31-,35-34-,41-38-,50-47-. The van der Waals surface area contributed by atoms with Gasteiger partial charge in [0.25, 0.3) is 0 Å². The summed E-state index contributed by atoms with van der Waals surface area (Å²) in [5.41, 5.74) is 0. The SMILES string of the molecule is CC/C=C\C/C=C\C/C=C\C/C=C\C/C=C\C/C=C\C/C=C\CCCC(=O)OCC(COC(=O)CCCCCCCCCCCCCCCC)OC(=O)CCCCCCCCCCCCCCCCCCC. The van der Waals surface area contributed by atoms with Gasteiger partial charge in [-0.05, 0) is 70.6 Å². The summed E-state index contributed by atoms with van der Waals surface area (Å²) in [7, 11) is 0. The number of rotatable bonds is 55. The highest BCUT2D eigenvalue weighted by molar-refractivity contribution is 5.71. The molecule has 0 N–H and O–H groups in total. The third-order valence-corrected chi connectivity index (χ3v) is 13.2. The van der Waals surface area contributed by atoms with Crippen LogP contribution in [0, 0.1) is 0 Å². The Morgan fingerprint density at radius 2 is 0.542 bits per heavy atom. The van der Waals surface area contributed by atoms with E-state index < -0.39 is 6.10 Å². The minimum absolute atomic E-state index is 0.0904. The molecule has 1 atom stereocenters. The topological polar surface area (TPSA) is 78.9 Å². The van der Waals surface area contributed by atoms with Crippen molar-refractivity contribution in [2.24, 2.45) is 0 Å². The molecule has 0 amide bonds. The lowest BCUT2D eigenvalue weighted by atomic mass is 10.0. The van der Waals surface area contributed by atoms with Crippen molar-refractivity contribution in [3.8, 4) is 0 Å². The largest absolute Gasteiger partial charge is 0.462 e. The maximum Gasteiger partial charge on any atom is 0.306 e. The molecule has 0 heterocycles. The fourth-order valence-electron chi connectivity index (χ4n) is 8.61. The first-order valence-electron chi connectivity index (χ1n) is 30.6. The van der Waals surface area contributed by atoms with E-state index in [0.717, 1.165) is 89.9 Å². The number of esters is 3. The van der Waals surface area contributed by atoms with Crippen LogP contribution in [0.5, 0.6) is 0 Å². The molecule has 0 fully saturated rings. The Morgan fingerprint density at radius 3 is 0.847 bits per heavy atom. The smallest absolute Gasteiger partial charge is 0.306 e. The van der Waals surface area contributed by atoms with Gasteiger partial charge in [-0.2, -0.15) is 0 Å². The van der Waals surface area contributed by atoms with Crippen LogP contribution >= 0.6 is 0 Å². The third kappa shape index (κ3) is 57.5. The van der Waals surface area contributed by atoms with Crippen molar-refractivity contribution in [1.82, 2.24) is 0 Å². The Kier molecular flexibility index (Phi) is 57.3. The van der Waals surface area contributed by atoms with Crippen LogP contribution in [-0.4, -0.2) is 37.2 Å². The van der Waals surface area contributed by atoms with Crippen LogP contribution in [-0.2, 0) is 28.6 Å². The molecule has 6 heteroatoms. The lowest BCUT2D eigenvalue weighted by molar-refractivity contribution is -0.167. The average Bonchev–Trinajstić information content (AvgIpc) is 3.38. The highest BCUT2D eigenvalue weighted by Gasteiger charge is 2.19. The van der Waals surface area contributed by atoms with Crippen LogP contribution < -0.4 is 0 Å². The van der Waals surface area contributed by atoms with E-state index in [0.29, 0.717) is 19.3 Å². The van der Waals surface area contributed by atoms with Crippen LogP contribution in [0.25, 0.3) is 0 Å². The summed E-state index contributed by atoms with van der Waals surface area (Å²) in [6.45, 7) is 6.51. The van der Waals surface area contributed by atoms with Crippen LogP contribution in [0.15, 0.2) is 85.1 Å². The molecule has 0 radical (unpaired) electrons. The first-order chi connectivity index (χ1) is 35.5. The van der Waals surface area contributed by atoms with Gasteiger partial charge in [0.2, 0.25) is 0 Å². The summed E-state index contributed by atoms with van der Waals surface area (Å²) in [6.07, 6.45) is 78.7. The minimum atomic E-state index is -0.797. The van der Waals surface area contributed by atoms with Crippen molar-refractivity contribution in [2.75, 3.05) is 13.2 Å². The van der Waals surface area contributed by atoms with E-state index in [2.05, 4.69) is 106 Å². The lowest BCUT2D eigenvalue weighted by Crippen LogP contribution is -2.30. The first-order valence-corrected chi connectivity index (χ1v) is 30.6. The fourth-order valence-corrected chi connectivity index (χ4v) is 8.61. The van der Waals surface area contributed by atoms with Crippen LogP contribution in [0.2, 0.25) is 0 Å². The van der Waals surface area contributed by atoms with Crippen molar-refractivity contribution >= 4 is 17.9 Å². The predicted molar refractivity (Wildman–Crippen MR) is 311 cm³/mol. The zero-order chi connectivity index (χ0) is 52.2. The number of carbonyl (C=O) groups excluding carboxylic acids is 3. The van der Waals surface area contributed by atoms with E-state index >= 15 is 0 Å². The van der Waals surface area contributed by atoms with Gasteiger partial charge in [0, 0.05) is 19.3 Å². The molecule has 0 aromatic carbocycles. The van der Waals surface area contributed by atoms with Crippen molar-refractivity contribution in [1.29, 1.82) is 0 Å². The molecular weight excluding hydrogens is 889 g/mol. The number of unbranched alkanes of at least 4 members (excludes halogenated alkanes) is 30. The molecule has 0 aromatic rings. The van der Waals surface area contributed by atoms with Crippen molar-refractivity contribution < 1.29 is 28.6 Å². The molecule has 0 saturated carbocycles. The van der Waals surface area contributed by atoms with Crippen LogP contribution in [0.3, 0.4) is 0 Å². The van der Waals surface area contributed by atoms with Gasteiger partial charge in [0.05, 0.1) is 0 Å². The molecule has 0 aliphatic rings. The first kappa shape index (κ1) is 68.6. The fraction of sp³-hybridized carbons (Fsp3) is 0.742. The lowest BCUT2D eigenvalue weighted by Gasteiger charge is -2.18. The molecule has 72 heavy (non-hydrogen) atoms. The summed E-state index contributed by atoms with van der Waals surface area (Å²) in [6, 6.07) is 0. The number of carbonyl (C=O) groups is 3. The highest BCUT2D eigenvalue weighted by Crippen LogP contribution is 2.17. The average molecular weight is 1000 g/mol. The molecule has 6 nitrogen and oxygen atoms in total. The quantitative estimate of drug-likeness (QED) is 0.0261. The van der Waals surface area contributed by atoms with Crippen molar-refractivity contribution in [2.45, 2.75) is 303 Å². The summed E-state index contributed by atoms with van der Waals surface area (Å²) >= 11 is 0. The summed E-state index contributed by atoms with van der Waals surface area (Å²) < 4.78 is 16.9. The molecule has 0 aromatic heterocycles. The van der Waals surface area contributed by atoms with Gasteiger partial charge < -0.3 is 14.2 Å². The molecule has 0 saturated heterocycles. The van der Waals surface area contributed by atoms with Gasteiger partial charge >= 0.3 is 17.9 Å². The molecule has 0 rings (SSSR count). The maximum absolute atomic E-state index is 12.9. The maximum atomic E-state index is 12.9. The minimum Gasteiger partial charge on any atom is -0.462 e. The molecular formula is C66H114O6. The number of hydrogen-bond acceptors (Lipinski definition) is 6. The second-order valence-corrected chi connectivity index (χ2v) is 20.2. The van der Waals surface area contributed by atoms with E-state index in [1.807, 2.05) is 0 Å². The van der Waals surface area contributed by atoms with Crippen LogP contribution in [0.4, 0.5) is 0 Å². The Bertz CT molecular complexity index is 1380. The van der Waals surface area contributed by atoms with Crippen molar-refractivity contribution in [3.05, 3.63) is 85.1 Å². The van der Waals surface area contributed by atoms with Gasteiger partial charge in [-0.3, -0.25) is 14.4 Å². The van der Waals surface area contributed by atoms with Gasteiger partial charge in [-0.1, -0.05) is 292 Å². The van der Waals surface area contributed by atoms with Crippen molar-refractivity contribution in [3.63, 3.8) is 0 Å². The number of allylic oxidation sites excluding steroid dienone is 14. The molecule has 0 aliphatic heterocycles. The summed E-state index contributed by atoms with van der Waals surface area (Å²) in [5, 5.41) is 0. The van der Waals surface area contributed by atoms with Gasteiger partial charge in [-0.25, -0.2) is 0 Å². The zero-order valence-corrected chi connectivity index (χ0v) is 47.4. The monoisotopic (exact) mass is 1000 g/mol. The van der Waals surface area contributed by atoms with Crippen LogP contribution in [0.1, 0.15) is 297 Å². The van der Waals surface area contributed by atoms with Gasteiger partial charge in [-0.15, -0.1) is 0 Å². The van der Waals surface area contributed by atoms with E-state index in [9.17, 15) is 14.4 Å². The number of ether oxygens (including phenoxy) is 3. The second-order valence-electron chi connectivity index (χ2n) is 20.2. The Hall–Kier alpha value is -3.41. The predicted octanol–water partition coefficient (Wildman–Crippen LogP) is 20.7. The summed E-state index contributed by atoms with van der Waals surface area (Å²) in [4.78, 5) is 38.2. The third-order valence-electron chi connectivity index (χ3n) is 13.2. The van der Waals surface area contributed by atoms with Gasteiger partial charge in [0.1, 0.15) is 13.2 Å². The molecule has 0 aliphatic carbocycles. The van der Waals surface area contributed by atoms with Gasteiger partial charge in [0.15, 0.2) is 6.10 Å². The Balaban J connectivity index is 4.44. The Morgan fingerprint density at radius 1 is 0.292 bits per heavy atom. The second kappa shape index (κ2) is 60.1. The molecule has 414 valence electrons. The van der Waals surface area contributed by atoms with E-state index in [1.54, 1.807) is 0 Å². The molecule has 0 spiro atoms. The highest BCUT2D eigenvalue weighted by atomic mass is 16.6. The molecule has 0 bridgehead atoms. The number of hydrogen-bond donors (Lipinski definition) is 0. The normalized spacial score (nSPS) is 12.7. The summed E-state index contributed by atoms with van der Waals surface area (Å²) in [5.74, 6) is -0.939. The van der Waals surface area contributed by atoms with E-state index in [1.165, 1.54) is 161 Å². The van der Waals surface area contributed by atoms with E-state index in [-0.39, 0.29) is 37.5 Å². The zero-order valence-electron chi connectivity index (χ0n) is 47.4. The molecule has 1 unspecified atom stereocenters. The Labute approximate surface area is 445 Å².